The van der Waals surface area contributed by atoms with Crippen LogP contribution in [-0.4, -0.2) is 43.0 Å². The molecule has 4 atom stereocenters. The third-order valence-corrected chi connectivity index (χ3v) is 12.8. The highest BCUT2D eigenvalue weighted by Crippen LogP contribution is 2.53. The quantitative estimate of drug-likeness (QED) is 0.240. The van der Waals surface area contributed by atoms with Crippen molar-refractivity contribution < 1.29 is 19.1 Å². The molecule has 6 heteroatoms. The maximum absolute atomic E-state index is 13.3. The number of carbonyl (C=O) groups excluding carboxylic acids is 1. The fourth-order valence-corrected chi connectivity index (χ4v) is 6.72. The summed E-state index contributed by atoms with van der Waals surface area (Å²) in [5.74, 6) is 10.7. The average molecular weight is 497 g/mol. The van der Waals surface area contributed by atoms with E-state index in [-0.39, 0.29) is 11.5 Å². The number of rotatable bonds is 6. The first-order chi connectivity index (χ1) is 15.8. The molecule has 0 aromatic heterocycles. The number of ether oxygens (including phenoxy) is 1. The van der Waals surface area contributed by atoms with Gasteiger partial charge in [0.05, 0.1) is 17.8 Å². The standard InChI is InChI=1S/C28H36O4SSi/c1-9-28(33-23-18-14-12-15-19-23)24(25(30)31-6)21-22(29)17-13-10-11-16-20-27(28,5)32-34(7,8)26(2,3)4/h9-12,14-15,18-19,22,24,29H,1,21H2,2-8H3/b11-10-/t22-,24?,27+,28-/m0/s1. The summed E-state index contributed by atoms with van der Waals surface area (Å²) < 4.78 is 11.2. The van der Waals surface area contributed by atoms with E-state index in [4.69, 9.17) is 9.16 Å². The summed E-state index contributed by atoms with van der Waals surface area (Å²) in [6.45, 7) is 16.9. The van der Waals surface area contributed by atoms with Gasteiger partial charge in [-0.15, -0.1) is 18.3 Å². The van der Waals surface area contributed by atoms with Crippen molar-refractivity contribution in [3.05, 3.63) is 55.1 Å². The zero-order chi connectivity index (χ0) is 25.6. The lowest BCUT2D eigenvalue weighted by atomic mass is 9.75. The topological polar surface area (TPSA) is 55.8 Å². The van der Waals surface area contributed by atoms with E-state index in [1.165, 1.54) is 18.9 Å². The van der Waals surface area contributed by atoms with Crippen LogP contribution in [0.5, 0.6) is 0 Å². The number of hydrogen-bond acceptors (Lipinski definition) is 5. The first kappa shape index (κ1) is 28.0. The molecule has 4 nitrogen and oxygen atoms in total. The summed E-state index contributed by atoms with van der Waals surface area (Å²) in [6.07, 6.45) is 4.00. The third kappa shape index (κ3) is 6.06. The predicted octanol–water partition coefficient (Wildman–Crippen LogP) is 5.60. The number of carbonyl (C=O) groups is 1. The van der Waals surface area contributed by atoms with Gasteiger partial charge >= 0.3 is 5.97 Å². The lowest BCUT2D eigenvalue weighted by Gasteiger charge is -2.52. The molecule has 1 N–H and O–H groups in total. The van der Waals surface area contributed by atoms with Gasteiger partial charge in [-0.2, -0.15) is 0 Å². The molecule has 0 bridgehead atoms. The maximum Gasteiger partial charge on any atom is 0.310 e. The molecule has 0 saturated heterocycles. The Bertz CT molecular complexity index is 1040. The number of benzene rings is 1. The number of aliphatic hydroxyl groups is 1. The molecule has 0 radical (unpaired) electrons. The predicted molar refractivity (Wildman–Crippen MR) is 143 cm³/mol. The first-order valence-corrected chi connectivity index (χ1v) is 15.1. The molecule has 1 aromatic carbocycles. The fourth-order valence-electron chi connectivity index (χ4n) is 3.71. The highest BCUT2D eigenvalue weighted by molar-refractivity contribution is 8.01. The lowest BCUT2D eigenvalue weighted by Crippen LogP contribution is -2.61. The van der Waals surface area contributed by atoms with Crippen LogP contribution < -0.4 is 0 Å². The third-order valence-electron chi connectivity index (χ3n) is 6.62. The number of methoxy groups -OCH3 is 1. The molecular formula is C28H36O4SSi. The van der Waals surface area contributed by atoms with Gasteiger partial charge in [-0.05, 0) is 55.8 Å². The van der Waals surface area contributed by atoms with E-state index < -0.39 is 36.7 Å². The molecule has 1 aliphatic rings. The highest BCUT2D eigenvalue weighted by Gasteiger charge is 2.58. The normalized spacial score (nSPS) is 28.2. The number of esters is 1. The van der Waals surface area contributed by atoms with Crippen LogP contribution in [0, 0.1) is 29.6 Å². The van der Waals surface area contributed by atoms with Crippen molar-refractivity contribution >= 4 is 26.0 Å². The largest absolute Gasteiger partial charge is 0.469 e. The van der Waals surface area contributed by atoms with E-state index in [0.717, 1.165) is 4.90 Å². The Balaban J connectivity index is 2.90. The molecular weight excluding hydrogens is 460 g/mol. The lowest BCUT2D eigenvalue weighted by molar-refractivity contribution is -0.148. The van der Waals surface area contributed by atoms with Crippen molar-refractivity contribution in [3.63, 3.8) is 0 Å². The highest BCUT2D eigenvalue weighted by atomic mass is 32.2. The van der Waals surface area contributed by atoms with E-state index in [9.17, 15) is 9.90 Å². The Hall–Kier alpha value is -2.22. The molecule has 34 heavy (non-hydrogen) atoms. The van der Waals surface area contributed by atoms with Crippen LogP contribution in [0.1, 0.15) is 34.1 Å². The van der Waals surface area contributed by atoms with Gasteiger partial charge in [0.2, 0.25) is 0 Å². The fraction of sp³-hybridized carbons (Fsp3) is 0.464. The summed E-state index contributed by atoms with van der Waals surface area (Å²) in [7, 11) is -1.04. The van der Waals surface area contributed by atoms with Gasteiger partial charge in [0, 0.05) is 4.90 Å². The van der Waals surface area contributed by atoms with Gasteiger partial charge < -0.3 is 14.3 Å². The average Bonchev–Trinajstić information content (AvgIpc) is 2.78. The van der Waals surface area contributed by atoms with Crippen molar-refractivity contribution in [2.45, 2.75) is 73.6 Å². The van der Waals surface area contributed by atoms with Crippen molar-refractivity contribution in [1.29, 1.82) is 0 Å². The van der Waals surface area contributed by atoms with Gasteiger partial charge in [-0.1, -0.05) is 68.7 Å². The van der Waals surface area contributed by atoms with Crippen LogP contribution >= 0.6 is 11.8 Å². The number of aliphatic hydroxyl groups excluding tert-OH is 1. The molecule has 0 aliphatic heterocycles. The van der Waals surface area contributed by atoms with Gasteiger partial charge in [0.25, 0.3) is 0 Å². The molecule has 0 spiro atoms. The molecule has 1 unspecified atom stereocenters. The van der Waals surface area contributed by atoms with Crippen molar-refractivity contribution in [1.82, 2.24) is 0 Å². The molecule has 0 fully saturated rings. The Kier molecular flexibility index (Phi) is 9.08. The zero-order valence-corrected chi connectivity index (χ0v) is 23.1. The summed E-state index contributed by atoms with van der Waals surface area (Å²) in [6, 6.07) is 9.78. The maximum atomic E-state index is 13.3. The summed E-state index contributed by atoms with van der Waals surface area (Å²) in [5.41, 5.74) is -1.15. The monoisotopic (exact) mass is 496 g/mol. The van der Waals surface area contributed by atoms with Crippen LogP contribution in [0.4, 0.5) is 0 Å². The van der Waals surface area contributed by atoms with Gasteiger partial charge in [-0.3, -0.25) is 4.79 Å². The molecule has 182 valence electrons. The van der Waals surface area contributed by atoms with Crippen molar-refractivity contribution in [2.75, 3.05) is 7.11 Å². The Morgan fingerprint density at radius 1 is 1.24 bits per heavy atom. The van der Waals surface area contributed by atoms with Gasteiger partial charge in [-0.25, -0.2) is 0 Å². The summed E-state index contributed by atoms with van der Waals surface area (Å²) >= 11 is 1.46. The number of allylic oxidation sites excluding steroid dienone is 2. The van der Waals surface area contributed by atoms with Gasteiger partial charge in [0.15, 0.2) is 8.32 Å². The van der Waals surface area contributed by atoms with Crippen LogP contribution in [-0.2, 0) is 14.0 Å². The summed E-state index contributed by atoms with van der Waals surface area (Å²) in [5, 5.41) is 10.6. The van der Waals surface area contributed by atoms with E-state index in [0.29, 0.717) is 0 Å². The molecule has 1 aliphatic carbocycles. The van der Waals surface area contributed by atoms with E-state index in [1.807, 2.05) is 37.3 Å². The minimum Gasteiger partial charge on any atom is -0.469 e. The van der Waals surface area contributed by atoms with Crippen LogP contribution in [0.3, 0.4) is 0 Å². The number of hydrogen-bond donors (Lipinski definition) is 1. The Morgan fingerprint density at radius 2 is 1.85 bits per heavy atom. The smallest absolute Gasteiger partial charge is 0.310 e. The van der Waals surface area contributed by atoms with Crippen LogP contribution in [0.15, 0.2) is 60.0 Å². The van der Waals surface area contributed by atoms with Crippen molar-refractivity contribution in [2.24, 2.45) is 5.92 Å². The van der Waals surface area contributed by atoms with E-state index in [1.54, 1.807) is 18.2 Å². The Morgan fingerprint density at radius 3 is 2.41 bits per heavy atom. The minimum absolute atomic E-state index is 0.0531. The number of thioether (sulfide) groups is 1. The molecule has 0 saturated carbocycles. The first-order valence-electron chi connectivity index (χ1n) is 11.3. The zero-order valence-electron chi connectivity index (χ0n) is 21.3. The van der Waals surface area contributed by atoms with Crippen LogP contribution in [0.2, 0.25) is 18.1 Å². The molecule has 0 heterocycles. The minimum atomic E-state index is -2.39. The van der Waals surface area contributed by atoms with Crippen molar-refractivity contribution in [3.8, 4) is 23.7 Å². The Labute approximate surface area is 210 Å². The second kappa shape index (κ2) is 11.0. The SMILES string of the molecule is C=C[C@]1(Sc2ccccc2)C(C(=O)OC)C[C@@H](O)C#C/C=C\C#C[C@@]1(C)O[Si](C)(C)C(C)(C)C. The van der Waals surface area contributed by atoms with E-state index >= 15 is 0 Å². The summed E-state index contributed by atoms with van der Waals surface area (Å²) in [4.78, 5) is 14.3. The second-order valence-corrected chi connectivity index (χ2v) is 16.1. The molecule has 0 amide bonds. The second-order valence-electron chi connectivity index (χ2n) is 10.0. The van der Waals surface area contributed by atoms with Gasteiger partial charge in [0.1, 0.15) is 11.7 Å². The van der Waals surface area contributed by atoms with E-state index in [2.05, 4.69) is 64.1 Å². The molecule has 1 aromatic rings. The van der Waals surface area contributed by atoms with Crippen LogP contribution in [0.25, 0.3) is 0 Å². The molecule has 2 rings (SSSR count).